The molecule has 0 bridgehead atoms. The first kappa shape index (κ1) is 12.8. The maximum Gasteiger partial charge on any atom is 0.223 e. The number of anilines is 3. The van der Waals surface area contributed by atoms with Crippen molar-refractivity contribution in [2.45, 2.75) is 18.4 Å². The summed E-state index contributed by atoms with van der Waals surface area (Å²) in [5.74, 6) is 1.46. The van der Waals surface area contributed by atoms with E-state index in [9.17, 15) is 5.11 Å². The molecule has 100 valence electrons. The van der Waals surface area contributed by atoms with Gasteiger partial charge in [0.2, 0.25) is 5.95 Å². The van der Waals surface area contributed by atoms with E-state index < -0.39 is 0 Å². The highest BCUT2D eigenvalue weighted by molar-refractivity contribution is 5.52. The van der Waals surface area contributed by atoms with Crippen LogP contribution in [0, 0.1) is 0 Å². The number of hydrogen-bond acceptors (Lipinski definition) is 7. The van der Waals surface area contributed by atoms with Crippen LogP contribution in [0.1, 0.15) is 12.8 Å². The highest BCUT2D eigenvalue weighted by Crippen LogP contribution is 2.25. The minimum Gasteiger partial charge on any atom is -0.394 e. The molecule has 1 fully saturated rings. The lowest BCUT2D eigenvalue weighted by Crippen LogP contribution is -2.47. The Morgan fingerprint density at radius 1 is 1.39 bits per heavy atom. The minimum absolute atomic E-state index is 0.0369. The molecule has 7 nitrogen and oxygen atoms in total. The maximum atomic E-state index is 9.59. The lowest BCUT2D eigenvalue weighted by atomic mass is 9.91. The molecule has 1 aliphatic rings. The van der Waals surface area contributed by atoms with Crippen molar-refractivity contribution >= 4 is 17.6 Å². The van der Waals surface area contributed by atoms with E-state index >= 15 is 0 Å². The largest absolute Gasteiger partial charge is 0.394 e. The highest BCUT2D eigenvalue weighted by Gasteiger charge is 2.32. The summed E-state index contributed by atoms with van der Waals surface area (Å²) in [5.41, 5.74) is 5.25. The predicted molar refractivity (Wildman–Crippen MR) is 69.5 cm³/mol. The van der Waals surface area contributed by atoms with Crippen LogP contribution in [-0.2, 0) is 4.74 Å². The Hall–Kier alpha value is -1.60. The van der Waals surface area contributed by atoms with E-state index in [1.54, 1.807) is 13.1 Å². The van der Waals surface area contributed by atoms with Crippen LogP contribution in [0.15, 0.2) is 6.07 Å². The zero-order valence-corrected chi connectivity index (χ0v) is 10.4. The van der Waals surface area contributed by atoms with Crippen LogP contribution in [0.4, 0.5) is 17.6 Å². The van der Waals surface area contributed by atoms with Crippen LogP contribution in [-0.4, -0.2) is 47.5 Å². The second kappa shape index (κ2) is 5.36. The summed E-state index contributed by atoms with van der Waals surface area (Å²) in [6.45, 7) is 1.30. The number of nitrogens with one attached hydrogen (secondary N) is 2. The van der Waals surface area contributed by atoms with Gasteiger partial charge >= 0.3 is 0 Å². The molecule has 1 aromatic heterocycles. The number of rotatable bonds is 4. The van der Waals surface area contributed by atoms with Crippen molar-refractivity contribution in [3.05, 3.63) is 6.07 Å². The van der Waals surface area contributed by atoms with Gasteiger partial charge in [-0.1, -0.05) is 0 Å². The van der Waals surface area contributed by atoms with Crippen LogP contribution >= 0.6 is 0 Å². The number of aliphatic hydroxyl groups is 1. The van der Waals surface area contributed by atoms with Crippen molar-refractivity contribution < 1.29 is 9.84 Å². The summed E-state index contributed by atoms with van der Waals surface area (Å²) in [7, 11) is 1.77. The molecule has 0 amide bonds. The molecule has 2 rings (SSSR count). The molecule has 2 heterocycles. The van der Waals surface area contributed by atoms with Gasteiger partial charge in [0.15, 0.2) is 0 Å². The number of nitrogen functional groups attached to an aromatic ring is 1. The third-order valence-electron chi connectivity index (χ3n) is 3.15. The highest BCUT2D eigenvalue weighted by atomic mass is 16.5. The molecule has 0 saturated carbocycles. The maximum absolute atomic E-state index is 9.59. The Labute approximate surface area is 106 Å². The molecular weight excluding hydrogens is 234 g/mol. The first-order valence-electron chi connectivity index (χ1n) is 5.96. The SMILES string of the molecule is CNc1cc(NC2(CO)CCOCC2)nc(N)n1. The standard InChI is InChI=1S/C11H19N5O2/c1-13-8-6-9(15-10(12)14-8)16-11(7-17)2-4-18-5-3-11/h6,17H,2-5,7H2,1H3,(H4,12,13,14,15,16). The molecule has 1 saturated heterocycles. The first-order chi connectivity index (χ1) is 8.67. The molecule has 0 aromatic carbocycles. The van der Waals surface area contributed by atoms with Gasteiger partial charge in [0.1, 0.15) is 11.6 Å². The zero-order chi connectivity index (χ0) is 13.0. The minimum atomic E-state index is -0.385. The molecule has 0 aliphatic carbocycles. The van der Waals surface area contributed by atoms with Gasteiger partial charge in [-0.05, 0) is 12.8 Å². The molecule has 5 N–H and O–H groups in total. The summed E-state index contributed by atoms with van der Waals surface area (Å²) in [4.78, 5) is 8.15. The second-order valence-corrected chi connectivity index (χ2v) is 4.42. The number of nitrogens with two attached hydrogens (primary N) is 1. The number of ether oxygens (including phenoxy) is 1. The van der Waals surface area contributed by atoms with Gasteiger partial charge in [-0.2, -0.15) is 9.97 Å². The summed E-state index contributed by atoms with van der Waals surface area (Å²) in [5, 5.41) is 15.8. The van der Waals surface area contributed by atoms with E-state index in [0.29, 0.717) is 24.8 Å². The molecule has 0 spiro atoms. The van der Waals surface area contributed by atoms with Crippen molar-refractivity contribution in [2.24, 2.45) is 0 Å². The number of nitrogens with zero attached hydrogens (tertiary/aromatic N) is 2. The van der Waals surface area contributed by atoms with Gasteiger partial charge in [-0.15, -0.1) is 0 Å². The van der Waals surface area contributed by atoms with E-state index in [-0.39, 0.29) is 18.1 Å². The van der Waals surface area contributed by atoms with E-state index in [1.165, 1.54) is 0 Å². The fourth-order valence-corrected chi connectivity index (χ4v) is 2.01. The molecule has 0 atom stereocenters. The van der Waals surface area contributed by atoms with Crippen molar-refractivity contribution in [3.8, 4) is 0 Å². The fraction of sp³-hybridized carbons (Fsp3) is 0.636. The normalized spacial score (nSPS) is 18.3. The Bertz CT molecular complexity index is 406. The van der Waals surface area contributed by atoms with Crippen molar-refractivity contribution in [2.75, 3.05) is 43.2 Å². The van der Waals surface area contributed by atoms with Crippen molar-refractivity contribution in [1.82, 2.24) is 9.97 Å². The van der Waals surface area contributed by atoms with Gasteiger partial charge in [-0.25, -0.2) is 0 Å². The summed E-state index contributed by atoms with van der Waals surface area (Å²) in [6, 6.07) is 1.77. The Kier molecular flexibility index (Phi) is 3.83. The summed E-state index contributed by atoms with van der Waals surface area (Å²) < 4.78 is 5.31. The quantitative estimate of drug-likeness (QED) is 0.601. The first-order valence-corrected chi connectivity index (χ1v) is 5.96. The van der Waals surface area contributed by atoms with Crippen molar-refractivity contribution in [3.63, 3.8) is 0 Å². The van der Waals surface area contributed by atoms with E-state index in [0.717, 1.165) is 12.8 Å². The van der Waals surface area contributed by atoms with Crippen molar-refractivity contribution in [1.29, 1.82) is 0 Å². The van der Waals surface area contributed by atoms with Gasteiger partial charge in [0.25, 0.3) is 0 Å². The summed E-state index contributed by atoms with van der Waals surface area (Å²) in [6.07, 6.45) is 1.48. The van der Waals surface area contributed by atoms with Crippen LogP contribution in [0.5, 0.6) is 0 Å². The molecule has 7 heteroatoms. The van der Waals surface area contributed by atoms with E-state index in [1.807, 2.05) is 0 Å². The van der Waals surface area contributed by atoms with Crippen LogP contribution in [0.2, 0.25) is 0 Å². The topological polar surface area (TPSA) is 105 Å². The van der Waals surface area contributed by atoms with Gasteiger partial charge < -0.3 is 26.2 Å². The molecule has 0 radical (unpaired) electrons. The molecule has 1 aliphatic heterocycles. The number of hydrogen-bond donors (Lipinski definition) is 4. The lowest BCUT2D eigenvalue weighted by Gasteiger charge is -2.36. The van der Waals surface area contributed by atoms with E-state index in [4.69, 9.17) is 10.5 Å². The van der Waals surface area contributed by atoms with Crippen LogP contribution in [0.25, 0.3) is 0 Å². The molecular formula is C11H19N5O2. The lowest BCUT2D eigenvalue weighted by molar-refractivity contribution is 0.0378. The zero-order valence-electron chi connectivity index (χ0n) is 10.4. The van der Waals surface area contributed by atoms with Gasteiger partial charge in [-0.3, -0.25) is 0 Å². The third-order valence-corrected chi connectivity index (χ3v) is 3.15. The number of aromatic nitrogens is 2. The van der Waals surface area contributed by atoms with E-state index in [2.05, 4.69) is 20.6 Å². The second-order valence-electron chi connectivity index (χ2n) is 4.42. The van der Waals surface area contributed by atoms with Crippen LogP contribution < -0.4 is 16.4 Å². The smallest absolute Gasteiger partial charge is 0.223 e. The number of aliphatic hydroxyl groups excluding tert-OH is 1. The van der Waals surface area contributed by atoms with Crippen LogP contribution in [0.3, 0.4) is 0 Å². The molecule has 1 aromatic rings. The third kappa shape index (κ3) is 2.80. The summed E-state index contributed by atoms with van der Waals surface area (Å²) >= 11 is 0. The average Bonchev–Trinajstić information content (AvgIpc) is 2.39. The molecule has 18 heavy (non-hydrogen) atoms. The average molecular weight is 253 g/mol. The molecule has 0 unspecified atom stereocenters. The monoisotopic (exact) mass is 253 g/mol. The Morgan fingerprint density at radius 3 is 2.67 bits per heavy atom. The Morgan fingerprint density at radius 2 is 2.06 bits per heavy atom. The van der Waals surface area contributed by atoms with Gasteiger partial charge in [0, 0.05) is 26.3 Å². The fourth-order valence-electron chi connectivity index (χ4n) is 2.01. The van der Waals surface area contributed by atoms with Gasteiger partial charge in [0.05, 0.1) is 12.1 Å². The Balaban J connectivity index is 2.18. The predicted octanol–water partition coefficient (Wildman–Crippen LogP) is 0.0539.